The molecule has 0 radical (unpaired) electrons. The van der Waals surface area contributed by atoms with Crippen molar-refractivity contribution in [2.75, 3.05) is 20.8 Å². The molecule has 0 aliphatic heterocycles. The summed E-state index contributed by atoms with van der Waals surface area (Å²) in [5.41, 5.74) is 6.18. The van der Waals surface area contributed by atoms with Gasteiger partial charge in [0.25, 0.3) is 5.91 Å². The molecule has 0 bridgehead atoms. The minimum absolute atomic E-state index is 0.182. The number of hydrogen-bond donors (Lipinski definition) is 1. The Labute approximate surface area is 195 Å². The molecule has 9 heteroatoms. The highest BCUT2D eigenvalue weighted by Gasteiger charge is 2.12. The molecule has 3 rings (SSSR count). The van der Waals surface area contributed by atoms with Crippen LogP contribution in [0.5, 0.6) is 17.2 Å². The molecule has 168 valence electrons. The van der Waals surface area contributed by atoms with Crippen LogP contribution in [0.4, 0.5) is 0 Å². The number of hydrogen-bond acceptors (Lipinski definition) is 6. The van der Waals surface area contributed by atoms with E-state index < -0.39 is 0 Å². The quantitative estimate of drug-likeness (QED) is 0.356. The van der Waals surface area contributed by atoms with E-state index in [9.17, 15) is 4.79 Å². The van der Waals surface area contributed by atoms with Gasteiger partial charge in [0.15, 0.2) is 18.1 Å². The van der Waals surface area contributed by atoms with E-state index in [1.54, 1.807) is 38.6 Å². The number of amides is 1. The average Bonchev–Trinajstić information content (AvgIpc) is 3.04. The lowest BCUT2D eigenvalue weighted by Gasteiger charge is -2.11. The zero-order chi connectivity index (χ0) is 23.1. The molecule has 2 aromatic carbocycles. The van der Waals surface area contributed by atoms with E-state index in [0.29, 0.717) is 18.0 Å². The van der Waals surface area contributed by atoms with Gasteiger partial charge in [0.1, 0.15) is 5.75 Å². The first-order valence-electron chi connectivity index (χ1n) is 9.87. The average molecular weight is 501 g/mol. The highest BCUT2D eigenvalue weighted by molar-refractivity contribution is 9.10. The molecule has 0 atom stereocenters. The number of nitrogens with one attached hydrogen (secondary N) is 1. The number of aryl methyl sites for hydroxylation is 1. The van der Waals surface area contributed by atoms with E-state index >= 15 is 0 Å². The molecule has 0 aliphatic rings. The van der Waals surface area contributed by atoms with Crippen LogP contribution >= 0.6 is 15.9 Å². The summed E-state index contributed by atoms with van der Waals surface area (Å²) in [6, 6.07) is 12.8. The van der Waals surface area contributed by atoms with Crippen LogP contribution in [0.15, 0.2) is 52.0 Å². The number of aromatic nitrogens is 2. The molecule has 3 aromatic rings. The molecule has 0 saturated carbocycles. The van der Waals surface area contributed by atoms with Crippen LogP contribution in [0.25, 0.3) is 0 Å². The summed E-state index contributed by atoms with van der Waals surface area (Å²) in [4.78, 5) is 12.1. The number of hydrazone groups is 1. The second-order valence-electron chi connectivity index (χ2n) is 6.95. The van der Waals surface area contributed by atoms with E-state index in [0.717, 1.165) is 32.7 Å². The number of nitrogens with zero attached hydrogens (tertiary/aromatic N) is 3. The Balaban J connectivity index is 1.63. The first kappa shape index (κ1) is 23.3. The van der Waals surface area contributed by atoms with Crippen molar-refractivity contribution in [2.24, 2.45) is 5.10 Å². The van der Waals surface area contributed by atoms with Crippen LogP contribution in [0.1, 0.15) is 22.5 Å². The van der Waals surface area contributed by atoms with Gasteiger partial charge in [-0.1, -0.05) is 12.1 Å². The fourth-order valence-electron chi connectivity index (χ4n) is 3.09. The Morgan fingerprint density at radius 3 is 2.50 bits per heavy atom. The third-order valence-electron chi connectivity index (χ3n) is 4.75. The van der Waals surface area contributed by atoms with Gasteiger partial charge in [0, 0.05) is 5.56 Å². The molecule has 8 nitrogen and oxygen atoms in total. The van der Waals surface area contributed by atoms with Crippen LogP contribution in [0.3, 0.4) is 0 Å². The Kier molecular flexibility index (Phi) is 7.88. The molecular weight excluding hydrogens is 476 g/mol. The Hall–Kier alpha value is -3.33. The number of halogens is 1. The zero-order valence-electron chi connectivity index (χ0n) is 18.4. The van der Waals surface area contributed by atoms with Crippen molar-refractivity contribution in [1.29, 1.82) is 0 Å². The van der Waals surface area contributed by atoms with Gasteiger partial charge in [-0.3, -0.25) is 9.48 Å². The van der Waals surface area contributed by atoms with Crippen molar-refractivity contribution in [3.8, 4) is 17.2 Å². The van der Waals surface area contributed by atoms with Gasteiger partial charge in [-0.05, 0) is 65.7 Å². The Morgan fingerprint density at radius 1 is 1.12 bits per heavy atom. The molecule has 1 amide bonds. The lowest BCUT2D eigenvalue weighted by molar-refractivity contribution is -0.123. The van der Waals surface area contributed by atoms with Crippen LogP contribution in [-0.2, 0) is 11.3 Å². The van der Waals surface area contributed by atoms with Crippen molar-refractivity contribution >= 4 is 28.1 Å². The van der Waals surface area contributed by atoms with E-state index in [2.05, 4.69) is 31.6 Å². The summed E-state index contributed by atoms with van der Waals surface area (Å²) in [5.74, 6) is 1.42. The highest BCUT2D eigenvalue weighted by Crippen LogP contribution is 2.26. The zero-order valence-corrected chi connectivity index (χ0v) is 20.0. The molecule has 0 saturated heterocycles. The van der Waals surface area contributed by atoms with E-state index in [4.69, 9.17) is 14.2 Å². The minimum atomic E-state index is -0.381. The summed E-state index contributed by atoms with van der Waals surface area (Å²) in [5, 5.41) is 8.58. The van der Waals surface area contributed by atoms with Crippen LogP contribution < -0.4 is 19.6 Å². The maximum Gasteiger partial charge on any atom is 0.277 e. The van der Waals surface area contributed by atoms with Gasteiger partial charge in [0.2, 0.25) is 0 Å². The number of ether oxygens (including phenoxy) is 3. The number of methoxy groups -OCH3 is 2. The second kappa shape index (κ2) is 10.8. The second-order valence-corrected chi connectivity index (χ2v) is 7.74. The SMILES string of the molecule is COc1ccc(C=NNC(=O)COc2ccccc2OC)cc1Cn1nc(C)c(Br)c1C. The largest absolute Gasteiger partial charge is 0.496 e. The molecule has 1 aromatic heterocycles. The first-order valence-corrected chi connectivity index (χ1v) is 10.7. The van der Waals surface area contributed by atoms with E-state index in [1.807, 2.05) is 42.8 Å². The molecule has 0 aliphatic carbocycles. The summed E-state index contributed by atoms with van der Waals surface area (Å²) in [7, 11) is 3.18. The van der Waals surface area contributed by atoms with E-state index in [1.165, 1.54) is 0 Å². The third-order valence-corrected chi connectivity index (χ3v) is 5.90. The maximum absolute atomic E-state index is 12.1. The molecule has 1 heterocycles. The van der Waals surface area contributed by atoms with Crippen molar-refractivity contribution in [2.45, 2.75) is 20.4 Å². The standard InChI is InChI=1S/C23H25BrN4O4/c1-15-23(24)16(2)28(27-15)13-18-11-17(9-10-19(18)30-3)12-25-26-22(29)14-32-21-8-6-5-7-20(21)31-4/h5-12H,13-14H2,1-4H3,(H,26,29). The van der Waals surface area contributed by atoms with Crippen molar-refractivity contribution < 1.29 is 19.0 Å². The molecule has 1 N–H and O–H groups in total. The molecule has 0 unspecified atom stereocenters. The maximum atomic E-state index is 12.1. The van der Waals surface area contributed by atoms with Gasteiger partial charge in [-0.15, -0.1) is 0 Å². The molecule has 32 heavy (non-hydrogen) atoms. The Morgan fingerprint density at radius 2 is 1.84 bits per heavy atom. The number of benzene rings is 2. The van der Waals surface area contributed by atoms with Crippen LogP contribution in [-0.4, -0.2) is 42.7 Å². The summed E-state index contributed by atoms with van der Waals surface area (Å²) >= 11 is 3.55. The minimum Gasteiger partial charge on any atom is -0.496 e. The van der Waals surface area contributed by atoms with Gasteiger partial charge < -0.3 is 14.2 Å². The Bertz CT molecular complexity index is 1130. The van der Waals surface area contributed by atoms with Crippen LogP contribution in [0, 0.1) is 13.8 Å². The summed E-state index contributed by atoms with van der Waals surface area (Å²) in [6.07, 6.45) is 1.57. The summed E-state index contributed by atoms with van der Waals surface area (Å²) < 4.78 is 19.1. The molecular formula is C23H25BrN4O4. The third kappa shape index (κ3) is 5.67. The summed E-state index contributed by atoms with van der Waals surface area (Å²) in [6.45, 7) is 4.32. The monoisotopic (exact) mass is 500 g/mol. The fraction of sp³-hybridized carbons (Fsp3) is 0.261. The normalized spacial score (nSPS) is 10.9. The molecule has 0 fully saturated rings. The lowest BCUT2D eigenvalue weighted by Crippen LogP contribution is -2.24. The topological polar surface area (TPSA) is 87.0 Å². The highest BCUT2D eigenvalue weighted by atomic mass is 79.9. The number of carbonyl (C=O) groups is 1. The number of carbonyl (C=O) groups excluding carboxylic acids is 1. The molecule has 0 spiro atoms. The predicted octanol–water partition coefficient (Wildman–Crippen LogP) is 3.86. The van der Waals surface area contributed by atoms with Gasteiger partial charge in [-0.25, -0.2) is 5.43 Å². The predicted molar refractivity (Wildman–Crippen MR) is 126 cm³/mol. The van der Waals surface area contributed by atoms with Gasteiger partial charge in [-0.2, -0.15) is 10.2 Å². The van der Waals surface area contributed by atoms with Gasteiger partial charge in [0.05, 0.1) is 42.8 Å². The number of rotatable bonds is 9. The first-order chi connectivity index (χ1) is 15.4. The van der Waals surface area contributed by atoms with Gasteiger partial charge >= 0.3 is 0 Å². The number of para-hydroxylation sites is 2. The van der Waals surface area contributed by atoms with Crippen molar-refractivity contribution in [3.63, 3.8) is 0 Å². The fourth-order valence-corrected chi connectivity index (χ4v) is 3.37. The van der Waals surface area contributed by atoms with Crippen molar-refractivity contribution in [1.82, 2.24) is 15.2 Å². The lowest BCUT2D eigenvalue weighted by atomic mass is 10.1. The van der Waals surface area contributed by atoms with E-state index in [-0.39, 0.29) is 12.5 Å². The smallest absolute Gasteiger partial charge is 0.277 e. The van der Waals surface area contributed by atoms with Crippen LogP contribution in [0.2, 0.25) is 0 Å². The van der Waals surface area contributed by atoms with Crippen molar-refractivity contribution in [3.05, 3.63) is 69.5 Å².